The number of thioether (sulfide) groups is 1. The topological polar surface area (TPSA) is 146 Å². The number of aromatic nitrogens is 1. The third kappa shape index (κ3) is 11.6. The maximum Gasteiger partial charge on any atom is 0.335 e. The van der Waals surface area contributed by atoms with Crippen molar-refractivity contribution < 1.29 is 39.5 Å². The predicted molar refractivity (Wildman–Crippen MR) is 161 cm³/mol. The van der Waals surface area contributed by atoms with Gasteiger partial charge >= 0.3 is 11.9 Å². The van der Waals surface area contributed by atoms with E-state index in [-0.39, 0.29) is 22.7 Å². The minimum absolute atomic E-state index is 0.0405. The SMILES string of the molecule is COc1ccc(CCCCCCCCOc2ccc(SC(O)(O)Cc3cccc(C(=O)O)c3)nc2C=CC(=O)O)cc1. The standard InChI is InChI=1S/C32H37NO8S/c1-40-26-14-12-23(13-15-26)9-6-4-2-3-5-7-20-41-28-17-18-29(33-27(28)16-19-30(34)35)42-32(38,39)22-24-10-8-11-25(21-24)31(36)37/h8,10-19,21,38-39H,2-7,9,20,22H2,1H3,(H,34,35)(H,36,37). The number of rotatable bonds is 18. The highest BCUT2D eigenvalue weighted by Crippen LogP contribution is 2.33. The normalized spacial score (nSPS) is 11.5. The number of nitrogens with zero attached hydrogens (tertiary/aromatic N) is 1. The number of methoxy groups -OCH3 is 1. The Balaban J connectivity index is 1.46. The molecule has 0 aliphatic carbocycles. The Morgan fingerprint density at radius 1 is 0.905 bits per heavy atom. The Kier molecular flexibility index (Phi) is 12.9. The molecule has 0 bridgehead atoms. The number of carboxylic acids is 2. The minimum atomic E-state index is -2.28. The molecule has 1 aromatic heterocycles. The molecule has 4 N–H and O–H groups in total. The van der Waals surface area contributed by atoms with Gasteiger partial charge in [-0.05, 0) is 84.6 Å². The first-order valence-electron chi connectivity index (χ1n) is 13.8. The maximum absolute atomic E-state index is 11.2. The van der Waals surface area contributed by atoms with Crippen molar-refractivity contribution in [1.29, 1.82) is 0 Å². The molecule has 0 spiro atoms. The molecule has 0 radical (unpaired) electrons. The average molecular weight is 596 g/mol. The molecule has 0 fully saturated rings. The second-order valence-electron chi connectivity index (χ2n) is 9.80. The van der Waals surface area contributed by atoms with Crippen molar-refractivity contribution in [3.05, 3.63) is 89.1 Å². The van der Waals surface area contributed by atoms with Crippen molar-refractivity contribution in [1.82, 2.24) is 4.98 Å². The van der Waals surface area contributed by atoms with Crippen LogP contribution in [0.3, 0.4) is 0 Å². The molecule has 10 heteroatoms. The first-order chi connectivity index (χ1) is 20.1. The van der Waals surface area contributed by atoms with E-state index in [1.165, 1.54) is 29.8 Å². The van der Waals surface area contributed by atoms with E-state index >= 15 is 0 Å². The highest BCUT2D eigenvalue weighted by molar-refractivity contribution is 8.00. The van der Waals surface area contributed by atoms with Crippen LogP contribution in [0.2, 0.25) is 0 Å². The highest BCUT2D eigenvalue weighted by atomic mass is 32.2. The fourth-order valence-electron chi connectivity index (χ4n) is 4.29. The fraction of sp³-hybridized carbons (Fsp3) is 0.344. The molecule has 0 unspecified atom stereocenters. The van der Waals surface area contributed by atoms with Gasteiger partial charge in [0.15, 0.2) is 0 Å². The second kappa shape index (κ2) is 16.5. The van der Waals surface area contributed by atoms with Gasteiger partial charge in [0.2, 0.25) is 5.12 Å². The van der Waals surface area contributed by atoms with Crippen LogP contribution in [0.5, 0.6) is 11.5 Å². The van der Waals surface area contributed by atoms with Gasteiger partial charge < -0.3 is 29.9 Å². The maximum atomic E-state index is 11.2. The number of hydrogen-bond donors (Lipinski definition) is 4. The Hall–Kier alpha value is -3.86. The van der Waals surface area contributed by atoms with Crippen LogP contribution in [0.15, 0.2) is 71.8 Å². The summed E-state index contributed by atoms with van der Waals surface area (Å²) < 4.78 is 11.1. The van der Waals surface area contributed by atoms with Gasteiger partial charge in [0.25, 0.3) is 0 Å². The number of aryl methyl sites for hydroxylation is 1. The summed E-state index contributed by atoms with van der Waals surface area (Å²) in [5, 5.41) is 37.3. The van der Waals surface area contributed by atoms with Crippen molar-refractivity contribution in [3.63, 3.8) is 0 Å². The van der Waals surface area contributed by atoms with Gasteiger partial charge in [-0.2, -0.15) is 0 Å². The van der Waals surface area contributed by atoms with E-state index in [0.29, 0.717) is 29.7 Å². The van der Waals surface area contributed by atoms with Crippen molar-refractivity contribution in [2.45, 2.75) is 61.5 Å². The number of ether oxygens (including phenoxy) is 2. The van der Waals surface area contributed by atoms with Crippen LogP contribution >= 0.6 is 11.8 Å². The number of hydrogen-bond acceptors (Lipinski definition) is 8. The van der Waals surface area contributed by atoms with E-state index in [1.54, 1.807) is 25.3 Å². The van der Waals surface area contributed by atoms with E-state index in [0.717, 1.165) is 56.8 Å². The van der Waals surface area contributed by atoms with Crippen LogP contribution in [0.4, 0.5) is 0 Å². The predicted octanol–water partition coefficient (Wildman–Crippen LogP) is 5.82. The van der Waals surface area contributed by atoms with Crippen molar-refractivity contribution >= 4 is 29.8 Å². The molecule has 224 valence electrons. The monoisotopic (exact) mass is 595 g/mol. The summed E-state index contributed by atoms with van der Waals surface area (Å²) in [6.45, 7) is 0.442. The number of aliphatic carboxylic acids is 1. The summed E-state index contributed by atoms with van der Waals surface area (Å²) in [6.07, 6.45) is 9.41. The largest absolute Gasteiger partial charge is 0.497 e. The summed E-state index contributed by atoms with van der Waals surface area (Å²) >= 11 is 0.664. The van der Waals surface area contributed by atoms with Gasteiger partial charge in [0.05, 0.1) is 19.3 Å². The summed E-state index contributed by atoms with van der Waals surface area (Å²) in [5.74, 6) is -0.998. The molecule has 0 saturated heterocycles. The van der Waals surface area contributed by atoms with Gasteiger partial charge in [-0.25, -0.2) is 14.6 Å². The smallest absolute Gasteiger partial charge is 0.335 e. The lowest BCUT2D eigenvalue weighted by atomic mass is 10.0. The summed E-state index contributed by atoms with van der Waals surface area (Å²) in [6, 6.07) is 17.3. The third-order valence-electron chi connectivity index (χ3n) is 6.40. The van der Waals surface area contributed by atoms with Gasteiger partial charge in [0.1, 0.15) is 22.2 Å². The minimum Gasteiger partial charge on any atom is -0.497 e. The molecule has 3 rings (SSSR count). The average Bonchev–Trinajstić information content (AvgIpc) is 2.95. The zero-order valence-electron chi connectivity index (χ0n) is 23.6. The third-order valence-corrected chi connectivity index (χ3v) is 7.30. The zero-order chi connectivity index (χ0) is 30.4. The Labute approximate surface area is 249 Å². The summed E-state index contributed by atoms with van der Waals surface area (Å²) in [7, 11) is 1.66. The fourth-order valence-corrected chi connectivity index (χ4v) is 5.14. The molecule has 1 heterocycles. The van der Waals surface area contributed by atoms with E-state index in [2.05, 4.69) is 17.1 Å². The molecule has 0 atom stereocenters. The number of pyridine rings is 1. The van der Waals surface area contributed by atoms with Crippen LogP contribution in [-0.4, -0.2) is 56.2 Å². The second-order valence-corrected chi connectivity index (χ2v) is 11.1. The number of carboxylic acid groups (broad SMARTS) is 2. The van der Waals surface area contributed by atoms with Crippen LogP contribution in [0.25, 0.3) is 6.08 Å². The van der Waals surface area contributed by atoms with Gasteiger partial charge in [-0.15, -0.1) is 0 Å². The number of benzene rings is 2. The lowest BCUT2D eigenvalue weighted by molar-refractivity contribution is -0.131. The first kappa shape index (κ1) is 32.7. The van der Waals surface area contributed by atoms with E-state index in [1.807, 2.05) is 12.1 Å². The molecule has 0 aliphatic heterocycles. The van der Waals surface area contributed by atoms with E-state index in [9.17, 15) is 19.8 Å². The lowest BCUT2D eigenvalue weighted by Gasteiger charge is -2.21. The van der Waals surface area contributed by atoms with Crippen molar-refractivity contribution in [3.8, 4) is 11.5 Å². The molecule has 3 aromatic rings. The quantitative estimate of drug-likeness (QED) is 0.0614. The van der Waals surface area contributed by atoms with Gasteiger partial charge in [-0.1, -0.05) is 49.9 Å². The Morgan fingerprint density at radius 2 is 1.62 bits per heavy atom. The van der Waals surface area contributed by atoms with Gasteiger partial charge in [0, 0.05) is 12.5 Å². The molecule has 2 aromatic carbocycles. The van der Waals surface area contributed by atoms with Gasteiger partial charge in [-0.3, -0.25) is 0 Å². The number of aliphatic hydroxyl groups is 2. The zero-order valence-corrected chi connectivity index (χ0v) is 24.4. The van der Waals surface area contributed by atoms with Crippen molar-refractivity contribution in [2.75, 3.05) is 13.7 Å². The number of carbonyl (C=O) groups is 2. The van der Waals surface area contributed by atoms with Crippen LogP contribution in [-0.2, 0) is 17.6 Å². The molecule has 0 aliphatic rings. The van der Waals surface area contributed by atoms with E-state index in [4.69, 9.17) is 19.7 Å². The molecule has 42 heavy (non-hydrogen) atoms. The first-order valence-corrected chi connectivity index (χ1v) is 14.6. The van der Waals surface area contributed by atoms with Crippen LogP contribution < -0.4 is 9.47 Å². The number of unbranched alkanes of at least 4 members (excludes halogenated alkanes) is 5. The van der Waals surface area contributed by atoms with Crippen LogP contribution in [0.1, 0.15) is 65.7 Å². The van der Waals surface area contributed by atoms with E-state index < -0.39 is 17.1 Å². The lowest BCUT2D eigenvalue weighted by Crippen LogP contribution is -2.26. The molecule has 0 amide bonds. The van der Waals surface area contributed by atoms with Crippen molar-refractivity contribution in [2.24, 2.45) is 0 Å². The molecule has 9 nitrogen and oxygen atoms in total. The number of aromatic carboxylic acids is 1. The molecular weight excluding hydrogens is 558 g/mol. The highest BCUT2D eigenvalue weighted by Gasteiger charge is 2.27. The molecule has 0 saturated carbocycles. The Bertz CT molecular complexity index is 1340. The Morgan fingerprint density at radius 3 is 2.31 bits per heavy atom. The molecular formula is C32H37NO8S. The summed E-state index contributed by atoms with van der Waals surface area (Å²) in [4.78, 5) is 26.7. The van der Waals surface area contributed by atoms with Crippen LogP contribution in [0, 0.1) is 0 Å². The summed E-state index contributed by atoms with van der Waals surface area (Å²) in [5.41, 5.74) is 2.03.